The van der Waals surface area contributed by atoms with Crippen LogP contribution >= 0.6 is 0 Å². The number of aliphatic hydroxyl groups excluding tert-OH is 2. The minimum atomic E-state index is -0.960. The van der Waals surface area contributed by atoms with Crippen molar-refractivity contribution >= 4 is 5.97 Å². The van der Waals surface area contributed by atoms with Crippen molar-refractivity contribution in [3.8, 4) is 0 Å². The lowest BCUT2D eigenvalue weighted by atomic mass is 9.89. The molecular weight excluding hydrogens is 280 g/mol. The second kappa shape index (κ2) is 14.0. The van der Waals surface area contributed by atoms with Crippen molar-refractivity contribution in [3.05, 3.63) is 0 Å². The van der Waals surface area contributed by atoms with Gasteiger partial charge in [-0.05, 0) is 24.7 Å². The second-order valence-corrected chi connectivity index (χ2v) is 6.71. The van der Waals surface area contributed by atoms with Gasteiger partial charge in [0.15, 0.2) is 0 Å². The lowest BCUT2D eigenvalue weighted by molar-refractivity contribution is -0.147. The highest BCUT2D eigenvalue weighted by Gasteiger charge is 2.10. The van der Waals surface area contributed by atoms with Gasteiger partial charge in [-0.1, -0.05) is 59.3 Å². The highest BCUT2D eigenvalue weighted by atomic mass is 16.5. The first kappa shape index (κ1) is 21.4. The maximum absolute atomic E-state index is 11.4. The number of unbranched alkanes of at least 4 members (excludes halogenated alkanes) is 3. The number of hydrogen-bond donors (Lipinski definition) is 2. The topological polar surface area (TPSA) is 66.8 Å². The number of carbonyl (C=O) groups excluding carboxylic acids is 1. The maximum atomic E-state index is 11.4. The fraction of sp³-hybridized carbons (Fsp3) is 0.944. The first-order valence-electron chi connectivity index (χ1n) is 8.94. The van der Waals surface area contributed by atoms with E-state index in [-0.39, 0.29) is 19.2 Å². The van der Waals surface area contributed by atoms with Crippen LogP contribution in [0.15, 0.2) is 0 Å². The molecule has 0 spiro atoms. The minimum absolute atomic E-state index is 0.110. The molecule has 0 radical (unpaired) electrons. The van der Waals surface area contributed by atoms with E-state index in [1.165, 1.54) is 32.1 Å². The molecule has 22 heavy (non-hydrogen) atoms. The molecule has 0 aromatic rings. The summed E-state index contributed by atoms with van der Waals surface area (Å²) in [6.07, 6.45) is 9.05. The van der Waals surface area contributed by atoms with E-state index in [1.54, 1.807) is 0 Å². The highest BCUT2D eigenvalue weighted by Crippen LogP contribution is 2.22. The van der Waals surface area contributed by atoms with Gasteiger partial charge in [0.2, 0.25) is 0 Å². The quantitative estimate of drug-likeness (QED) is 0.379. The van der Waals surface area contributed by atoms with Crippen LogP contribution in [0, 0.1) is 11.8 Å². The standard InChI is InChI=1S/C18H36O4/c1-4-5-6-9-15(2)12-16(3)10-7-8-11-18(21)22-14-17(20)13-19/h15-17,19-20H,4-14H2,1-3H3/t15?,16-,17-/m1/s1. The summed E-state index contributed by atoms with van der Waals surface area (Å²) < 4.78 is 4.87. The Morgan fingerprint density at radius 2 is 1.64 bits per heavy atom. The molecule has 0 aliphatic rings. The Bertz CT molecular complexity index is 268. The van der Waals surface area contributed by atoms with Gasteiger partial charge in [-0.15, -0.1) is 0 Å². The molecule has 0 fully saturated rings. The number of hydrogen-bond acceptors (Lipinski definition) is 4. The van der Waals surface area contributed by atoms with Crippen LogP contribution < -0.4 is 0 Å². The molecule has 0 aliphatic heterocycles. The van der Waals surface area contributed by atoms with E-state index in [2.05, 4.69) is 20.8 Å². The lowest BCUT2D eigenvalue weighted by Gasteiger charge is -2.17. The number of carbonyl (C=O) groups is 1. The summed E-state index contributed by atoms with van der Waals surface area (Å²) in [5, 5.41) is 17.7. The second-order valence-electron chi connectivity index (χ2n) is 6.71. The van der Waals surface area contributed by atoms with Crippen LogP contribution in [0.4, 0.5) is 0 Å². The van der Waals surface area contributed by atoms with Gasteiger partial charge in [-0.2, -0.15) is 0 Å². The molecule has 0 saturated carbocycles. The highest BCUT2D eigenvalue weighted by molar-refractivity contribution is 5.69. The largest absolute Gasteiger partial charge is 0.463 e. The summed E-state index contributed by atoms with van der Waals surface area (Å²) >= 11 is 0. The third-order valence-electron chi connectivity index (χ3n) is 4.08. The molecule has 1 unspecified atom stereocenters. The third-order valence-corrected chi connectivity index (χ3v) is 4.08. The fourth-order valence-corrected chi connectivity index (χ4v) is 2.74. The Hall–Kier alpha value is -0.610. The molecule has 0 bridgehead atoms. The van der Waals surface area contributed by atoms with E-state index < -0.39 is 6.10 Å². The van der Waals surface area contributed by atoms with Gasteiger partial charge < -0.3 is 14.9 Å². The predicted molar refractivity (Wildman–Crippen MR) is 89.6 cm³/mol. The zero-order chi connectivity index (χ0) is 16.8. The van der Waals surface area contributed by atoms with Crippen LogP contribution in [0.3, 0.4) is 0 Å². The van der Waals surface area contributed by atoms with E-state index in [9.17, 15) is 4.79 Å². The summed E-state index contributed by atoms with van der Waals surface area (Å²) in [7, 11) is 0. The van der Waals surface area contributed by atoms with Gasteiger partial charge >= 0.3 is 5.97 Å². The van der Waals surface area contributed by atoms with Crippen molar-refractivity contribution in [2.24, 2.45) is 11.8 Å². The molecule has 4 heteroatoms. The average molecular weight is 316 g/mol. The zero-order valence-electron chi connectivity index (χ0n) is 14.7. The third kappa shape index (κ3) is 13.1. The van der Waals surface area contributed by atoms with Crippen molar-refractivity contribution < 1.29 is 19.7 Å². The molecule has 0 aliphatic carbocycles. The molecule has 4 nitrogen and oxygen atoms in total. The van der Waals surface area contributed by atoms with Crippen LogP contribution in [0.2, 0.25) is 0 Å². The van der Waals surface area contributed by atoms with Gasteiger partial charge in [0.05, 0.1) is 6.61 Å². The molecule has 3 atom stereocenters. The van der Waals surface area contributed by atoms with E-state index >= 15 is 0 Å². The Kier molecular flexibility index (Phi) is 13.6. The molecule has 0 aromatic carbocycles. The Balaban J connectivity index is 3.55. The predicted octanol–water partition coefficient (Wildman–Crippen LogP) is 3.69. The lowest BCUT2D eigenvalue weighted by Crippen LogP contribution is -2.21. The number of ether oxygens (including phenoxy) is 1. The van der Waals surface area contributed by atoms with Gasteiger partial charge in [-0.25, -0.2) is 0 Å². The van der Waals surface area contributed by atoms with Crippen molar-refractivity contribution in [1.82, 2.24) is 0 Å². The summed E-state index contributed by atoms with van der Waals surface area (Å²) in [6, 6.07) is 0. The molecule has 0 saturated heterocycles. The maximum Gasteiger partial charge on any atom is 0.305 e. The van der Waals surface area contributed by atoms with Crippen LogP contribution in [-0.4, -0.2) is 35.5 Å². The molecule has 0 rings (SSSR count). The molecular formula is C18H36O4. The summed E-state index contributed by atoms with van der Waals surface area (Å²) in [5.74, 6) is 1.23. The van der Waals surface area contributed by atoms with Gasteiger partial charge in [-0.3, -0.25) is 4.79 Å². The number of aliphatic hydroxyl groups is 2. The van der Waals surface area contributed by atoms with Crippen LogP contribution in [0.1, 0.15) is 78.6 Å². The number of esters is 1. The Labute approximate surface area is 136 Å². The minimum Gasteiger partial charge on any atom is -0.463 e. The molecule has 0 aromatic heterocycles. The molecule has 0 amide bonds. The van der Waals surface area contributed by atoms with E-state index in [1.807, 2.05) is 0 Å². The normalized spacial score (nSPS) is 15.3. The van der Waals surface area contributed by atoms with Gasteiger partial charge in [0, 0.05) is 6.42 Å². The molecule has 2 N–H and O–H groups in total. The fourth-order valence-electron chi connectivity index (χ4n) is 2.74. The monoisotopic (exact) mass is 316 g/mol. The van der Waals surface area contributed by atoms with E-state index in [0.717, 1.165) is 25.2 Å². The van der Waals surface area contributed by atoms with Crippen molar-refractivity contribution in [2.45, 2.75) is 84.7 Å². The van der Waals surface area contributed by atoms with Gasteiger partial charge in [0.25, 0.3) is 0 Å². The average Bonchev–Trinajstić information content (AvgIpc) is 2.49. The van der Waals surface area contributed by atoms with Crippen LogP contribution in [0.25, 0.3) is 0 Å². The Morgan fingerprint density at radius 3 is 2.18 bits per heavy atom. The zero-order valence-corrected chi connectivity index (χ0v) is 14.7. The summed E-state index contributed by atoms with van der Waals surface area (Å²) in [6.45, 7) is 6.40. The van der Waals surface area contributed by atoms with Crippen molar-refractivity contribution in [3.63, 3.8) is 0 Å². The summed E-state index contributed by atoms with van der Waals surface area (Å²) in [4.78, 5) is 11.4. The SMILES string of the molecule is CCCCCC(C)C[C@H](C)CCCCC(=O)OC[C@H](O)CO. The van der Waals surface area contributed by atoms with Crippen molar-refractivity contribution in [2.75, 3.05) is 13.2 Å². The smallest absolute Gasteiger partial charge is 0.305 e. The molecule has 0 heterocycles. The Morgan fingerprint density at radius 1 is 1.05 bits per heavy atom. The van der Waals surface area contributed by atoms with Crippen molar-refractivity contribution in [1.29, 1.82) is 0 Å². The van der Waals surface area contributed by atoms with E-state index in [4.69, 9.17) is 14.9 Å². The van der Waals surface area contributed by atoms with Crippen LogP contribution in [-0.2, 0) is 9.53 Å². The van der Waals surface area contributed by atoms with Crippen LogP contribution in [0.5, 0.6) is 0 Å². The van der Waals surface area contributed by atoms with E-state index in [0.29, 0.717) is 12.3 Å². The first-order chi connectivity index (χ1) is 10.5. The van der Waals surface area contributed by atoms with Gasteiger partial charge in [0.1, 0.15) is 12.7 Å². The number of rotatable bonds is 14. The summed E-state index contributed by atoms with van der Waals surface area (Å²) in [5.41, 5.74) is 0. The molecule has 132 valence electrons. The first-order valence-corrected chi connectivity index (χ1v) is 8.94.